The van der Waals surface area contributed by atoms with Crippen molar-refractivity contribution in [3.63, 3.8) is 0 Å². The number of nitrogens with one attached hydrogen (secondary N) is 1. The minimum absolute atomic E-state index is 0.0896. The molecule has 132 valence electrons. The zero-order valence-corrected chi connectivity index (χ0v) is 15.6. The summed E-state index contributed by atoms with van der Waals surface area (Å²) >= 11 is 7.35. The lowest BCUT2D eigenvalue weighted by molar-refractivity contribution is 0.0970. The van der Waals surface area contributed by atoms with Crippen LogP contribution in [0.2, 0.25) is 5.02 Å². The number of amides is 1. The van der Waals surface area contributed by atoms with E-state index < -0.39 is 0 Å². The van der Waals surface area contributed by atoms with Crippen LogP contribution in [0.15, 0.2) is 24.3 Å². The van der Waals surface area contributed by atoms with Crippen molar-refractivity contribution in [2.45, 2.75) is 26.2 Å². The van der Waals surface area contributed by atoms with E-state index in [-0.39, 0.29) is 11.7 Å². The number of rotatable bonds is 2. The predicted octanol–water partition coefficient (Wildman–Crippen LogP) is 4.61. The third kappa shape index (κ3) is 2.75. The van der Waals surface area contributed by atoms with Gasteiger partial charge < -0.3 is 11.1 Å². The molecule has 0 bridgehead atoms. The minimum Gasteiger partial charge on any atom is -0.397 e. The van der Waals surface area contributed by atoms with Gasteiger partial charge in [-0.15, -0.1) is 11.3 Å². The molecule has 0 unspecified atom stereocenters. The maximum atomic E-state index is 12.7. The molecule has 0 saturated carbocycles. The molecule has 1 amide bonds. The number of halogens is 1. The van der Waals surface area contributed by atoms with Crippen LogP contribution in [0.5, 0.6) is 0 Å². The third-order valence-electron chi connectivity index (χ3n) is 4.64. The van der Waals surface area contributed by atoms with E-state index in [0.29, 0.717) is 43.5 Å². The van der Waals surface area contributed by atoms with Crippen molar-refractivity contribution in [1.82, 2.24) is 4.98 Å². The lowest BCUT2D eigenvalue weighted by Crippen LogP contribution is -2.13. The summed E-state index contributed by atoms with van der Waals surface area (Å²) < 4.78 is 0. The SMILES string of the molecule is Cc1c(Cl)cccc1NC(=O)c1sc2nc3c(cc2c1N)C(=O)CCC3. The van der Waals surface area contributed by atoms with Gasteiger partial charge in [0.2, 0.25) is 0 Å². The molecule has 0 saturated heterocycles. The van der Waals surface area contributed by atoms with E-state index in [2.05, 4.69) is 10.3 Å². The molecule has 2 heterocycles. The Labute approximate surface area is 159 Å². The Morgan fingerprint density at radius 3 is 2.96 bits per heavy atom. The average Bonchev–Trinajstić information content (AvgIpc) is 2.94. The molecular formula is C19H16ClN3O2S. The number of anilines is 2. The van der Waals surface area contributed by atoms with Crippen molar-refractivity contribution in [2.75, 3.05) is 11.1 Å². The summed E-state index contributed by atoms with van der Waals surface area (Å²) in [6.45, 7) is 1.84. The molecule has 0 fully saturated rings. The molecule has 0 atom stereocenters. The van der Waals surface area contributed by atoms with Crippen LogP contribution in [0, 0.1) is 6.92 Å². The smallest absolute Gasteiger partial charge is 0.267 e. The van der Waals surface area contributed by atoms with Crippen molar-refractivity contribution in [2.24, 2.45) is 0 Å². The highest BCUT2D eigenvalue weighted by Crippen LogP contribution is 2.36. The molecule has 0 aliphatic heterocycles. The van der Waals surface area contributed by atoms with Crippen LogP contribution in [0.1, 0.15) is 44.1 Å². The van der Waals surface area contributed by atoms with E-state index in [1.807, 2.05) is 6.92 Å². The Bertz CT molecular complexity index is 1070. The molecule has 26 heavy (non-hydrogen) atoms. The van der Waals surface area contributed by atoms with Crippen LogP contribution in [-0.4, -0.2) is 16.7 Å². The van der Waals surface area contributed by atoms with Crippen LogP contribution < -0.4 is 11.1 Å². The lowest BCUT2D eigenvalue weighted by Gasteiger charge is -2.13. The Balaban J connectivity index is 1.74. The van der Waals surface area contributed by atoms with Gasteiger partial charge in [0, 0.05) is 28.1 Å². The van der Waals surface area contributed by atoms with Gasteiger partial charge in [0.15, 0.2) is 5.78 Å². The quantitative estimate of drug-likeness (QED) is 0.674. The Morgan fingerprint density at radius 1 is 1.35 bits per heavy atom. The Morgan fingerprint density at radius 2 is 2.15 bits per heavy atom. The number of fused-ring (bicyclic) bond motifs is 2. The first-order chi connectivity index (χ1) is 12.5. The highest BCUT2D eigenvalue weighted by atomic mass is 35.5. The zero-order chi connectivity index (χ0) is 18.4. The lowest BCUT2D eigenvalue weighted by atomic mass is 9.94. The van der Waals surface area contributed by atoms with Gasteiger partial charge >= 0.3 is 0 Å². The van der Waals surface area contributed by atoms with Crippen LogP contribution in [0.3, 0.4) is 0 Å². The number of nitrogens with two attached hydrogens (primary N) is 1. The second-order valence-corrected chi connectivity index (χ2v) is 7.73. The summed E-state index contributed by atoms with van der Waals surface area (Å²) in [5.74, 6) is -0.216. The predicted molar refractivity (Wildman–Crippen MR) is 105 cm³/mol. The first kappa shape index (κ1) is 17.0. The van der Waals surface area contributed by atoms with Crippen LogP contribution in [0.4, 0.5) is 11.4 Å². The number of carbonyl (C=O) groups is 2. The fraction of sp³-hybridized carbons (Fsp3) is 0.211. The highest BCUT2D eigenvalue weighted by Gasteiger charge is 2.24. The van der Waals surface area contributed by atoms with Crippen molar-refractivity contribution < 1.29 is 9.59 Å². The number of carbonyl (C=O) groups excluding carboxylic acids is 2. The van der Waals surface area contributed by atoms with Crippen molar-refractivity contribution in [3.8, 4) is 0 Å². The number of benzene rings is 1. The second kappa shape index (κ2) is 6.37. The van der Waals surface area contributed by atoms with Crippen LogP contribution in [-0.2, 0) is 6.42 Å². The number of pyridine rings is 1. The normalized spacial score (nSPS) is 13.7. The van der Waals surface area contributed by atoms with Gasteiger partial charge in [-0.25, -0.2) is 4.98 Å². The number of aromatic nitrogens is 1. The van der Waals surface area contributed by atoms with E-state index in [4.69, 9.17) is 17.3 Å². The minimum atomic E-state index is -0.305. The number of hydrogen-bond acceptors (Lipinski definition) is 5. The molecule has 0 radical (unpaired) electrons. The molecule has 3 aromatic rings. The van der Waals surface area contributed by atoms with Gasteiger partial charge in [0.05, 0.1) is 11.4 Å². The number of ketones is 1. The molecule has 7 heteroatoms. The first-order valence-electron chi connectivity index (χ1n) is 8.27. The van der Waals surface area contributed by atoms with E-state index in [1.165, 1.54) is 11.3 Å². The van der Waals surface area contributed by atoms with E-state index in [9.17, 15) is 9.59 Å². The van der Waals surface area contributed by atoms with Crippen molar-refractivity contribution in [3.05, 3.63) is 51.0 Å². The molecule has 1 aliphatic rings. The fourth-order valence-corrected chi connectivity index (χ4v) is 4.32. The zero-order valence-electron chi connectivity index (χ0n) is 14.1. The molecule has 1 aromatic carbocycles. The van der Waals surface area contributed by atoms with Crippen LogP contribution in [0.25, 0.3) is 10.2 Å². The molecule has 4 rings (SSSR count). The number of thiophene rings is 1. The topological polar surface area (TPSA) is 85.1 Å². The molecule has 3 N–H and O–H groups in total. The van der Waals surface area contributed by atoms with Gasteiger partial charge in [0.25, 0.3) is 5.91 Å². The number of aryl methyl sites for hydroxylation is 1. The highest BCUT2D eigenvalue weighted by molar-refractivity contribution is 7.21. The number of nitrogens with zero attached hydrogens (tertiary/aromatic N) is 1. The number of hydrogen-bond donors (Lipinski definition) is 2. The first-order valence-corrected chi connectivity index (χ1v) is 9.46. The maximum absolute atomic E-state index is 12.7. The average molecular weight is 386 g/mol. The maximum Gasteiger partial charge on any atom is 0.267 e. The van der Waals surface area contributed by atoms with Gasteiger partial charge in [0.1, 0.15) is 9.71 Å². The second-order valence-electron chi connectivity index (χ2n) is 6.32. The molecule has 5 nitrogen and oxygen atoms in total. The van der Waals surface area contributed by atoms with Gasteiger partial charge in [-0.3, -0.25) is 9.59 Å². The summed E-state index contributed by atoms with van der Waals surface area (Å²) in [6, 6.07) is 7.12. The van der Waals surface area contributed by atoms with Gasteiger partial charge in [-0.05, 0) is 43.5 Å². The summed E-state index contributed by atoms with van der Waals surface area (Å²) in [6.07, 6.45) is 2.12. The van der Waals surface area contributed by atoms with E-state index in [1.54, 1.807) is 24.3 Å². The van der Waals surface area contributed by atoms with Gasteiger partial charge in [-0.1, -0.05) is 17.7 Å². The Kier molecular flexibility index (Phi) is 4.17. The molecular weight excluding hydrogens is 370 g/mol. The van der Waals surface area contributed by atoms with E-state index >= 15 is 0 Å². The number of Topliss-reactive ketones (excluding diaryl/α,β-unsaturated/α-hetero) is 1. The van der Waals surface area contributed by atoms with Crippen molar-refractivity contribution >= 4 is 56.2 Å². The largest absolute Gasteiger partial charge is 0.397 e. The Hall–Kier alpha value is -2.44. The summed E-state index contributed by atoms with van der Waals surface area (Å²) in [4.78, 5) is 30.5. The third-order valence-corrected chi connectivity index (χ3v) is 6.16. The summed E-state index contributed by atoms with van der Waals surface area (Å²) in [5.41, 5.74) is 9.43. The summed E-state index contributed by atoms with van der Waals surface area (Å²) in [5, 5.41) is 4.11. The monoisotopic (exact) mass is 385 g/mol. The van der Waals surface area contributed by atoms with E-state index in [0.717, 1.165) is 24.1 Å². The summed E-state index contributed by atoms with van der Waals surface area (Å²) in [7, 11) is 0. The molecule has 0 spiro atoms. The van der Waals surface area contributed by atoms with Gasteiger partial charge in [-0.2, -0.15) is 0 Å². The fourth-order valence-electron chi connectivity index (χ4n) is 3.15. The molecule has 2 aromatic heterocycles. The number of nitrogen functional groups attached to an aromatic ring is 1. The van der Waals surface area contributed by atoms with Crippen molar-refractivity contribution in [1.29, 1.82) is 0 Å². The van der Waals surface area contributed by atoms with Crippen LogP contribution >= 0.6 is 22.9 Å². The standard InChI is InChI=1S/C19H16ClN3O2S/c1-9-12(20)4-2-5-13(9)22-18(25)17-16(21)11-8-10-14(23-19(11)26-17)6-3-7-15(10)24/h2,4-5,8H,3,6-7,21H2,1H3,(H,22,25). The molecule has 1 aliphatic carbocycles.